The van der Waals surface area contributed by atoms with Gasteiger partial charge in [-0.05, 0) is 53.6 Å². The molecule has 0 aromatic heterocycles. The first-order valence-electron chi connectivity index (χ1n) is 9.83. The van der Waals surface area contributed by atoms with Crippen molar-refractivity contribution in [1.82, 2.24) is 4.90 Å². The highest BCUT2D eigenvalue weighted by Gasteiger charge is 2.25. The number of benzene rings is 2. The van der Waals surface area contributed by atoms with E-state index >= 15 is 0 Å². The fourth-order valence-corrected chi connectivity index (χ4v) is 5.08. The Bertz CT molecular complexity index is 900. The molecule has 4 nitrogen and oxygen atoms in total. The molecule has 144 valence electrons. The Morgan fingerprint density at radius 1 is 1.00 bits per heavy atom. The van der Waals surface area contributed by atoms with Crippen LogP contribution in [0.1, 0.15) is 24.5 Å². The average Bonchev–Trinajstić information content (AvgIpc) is 2.73. The molecule has 4 rings (SSSR count). The first-order valence-corrected chi connectivity index (χ1v) is 11.5. The van der Waals surface area contributed by atoms with E-state index in [1.54, 1.807) is 19.1 Å². The summed E-state index contributed by atoms with van der Waals surface area (Å²) < 4.78 is 29.5. The highest BCUT2D eigenvalue weighted by molar-refractivity contribution is 7.91. The Labute approximate surface area is 162 Å². The molecular weight excluding hydrogens is 358 g/mol. The van der Waals surface area contributed by atoms with Crippen molar-refractivity contribution in [1.29, 1.82) is 0 Å². The second kappa shape index (κ2) is 7.74. The van der Waals surface area contributed by atoms with Gasteiger partial charge in [-0.2, -0.15) is 0 Å². The van der Waals surface area contributed by atoms with Crippen LogP contribution >= 0.6 is 0 Å². The van der Waals surface area contributed by atoms with Crippen LogP contribution in [0.3, 0.4) is 0 Å². The van der Waals surface area contributed by atoms with E-state index in [9.17, 15) is 8.42 Å². The molecule has 1 fully saturated rings. The van der Waals surface area contributed by atoms with Crippen LogP contribution < -0.4 is 0 Å². The monoisotopic (exact) mass is 385 g/mol. The predicted octanol–water partition coefficient (Wildman–Crippen LogP) is 3.34. The maximum absolute atomic E-state index is 12.0. The van der Waals surface area contributed by atoms with E-state index in [1.807, 2.05) is 12.1 Å². The second-order valence-corrected chi connectivity index (χ2v) is 9.73. The SMILES string of the molecule is CCS(=O)(=O)c1ccc(-c2ccc3c(c2)CCC(N2CCOCC2)C3)cc1. The molecule has 0 radical (unpaired) electrons. The van der Waals surface area contributed by atoms with Crippen LogP contribution in [0.5, 0.6) is 0 Å². The van der Waals surface area contributed by atoms with E-state index in [0.717, 1.165) is 44.7 Å². The van der Waals surface area contributed by atoms with E-state index in [0.29, 0.717) is 10.9 Å². The minimum atomic E-state index is -3.14. The Balaban J connectivity index is 1.52. The van der Waals surface area contributed by atoms with Gasteiger partial charge in [-0.3, -0.25) is 4.90 Å². The number of rotatable bonds is 4. The maximum Gasteiger partial charge on any atom is 0.178 e. The first-order chi connectivity index (χ1) is 13.1. The lowest BCUT2D eigenvalue weighted by atomic mass is 9.85. The largest absolute Gasteiger partial charge is 0.379 e. The van der Waals surface area contributed by atoms with Gasteiger partial charge in [0.15, 0.2) is 9.84 Å². The zero-order valence-electron chi connectivity index (χ0n) is 15.9. The van der Waals surface area contributed by atoms with Gasteiger partial charge in [-0.25, -0.2) is 8.42 Å². The number of morpholine rings is 1. The lowest BCUT2D eigenvalue weighted by Crippen LogP contribution is -2.45. The molecule has 0 N–H and O–H groups in total. The highest BCUT2D eigenvalue weighted by atomic mass is 32.2. The zero-order chi connectivity index (χ0) is 18.9. The Morgan fingerprint density at radius 2 is 1.70 bits per heavy atom. The van der Waals surface area contributed by atoms with Gasteiger partial charge in [0, 0.05) is 19.1 Å². The van der Waals surface area contributed by atoms with Gasteiger partial charge in [0.1, 0.15) is 0 Å². The Kier molecular flexibility index (Phi) is 5.35. The second-order valence-electron chi connectivity index (χ2n) is 7.46. The number of aryl methyl sites for hydroxylation is 1. The molecule has 1 saturated heterocycles. The molecular formula is C22H27NO3S. The lowest BCUT2D eigenvalue weighted by Gasteiger charge is -2.37. The van der Waals surface area contributed by atoms with Gasteiger partial charge in [-0.1, -0.05) is 37.3 Å². The fourth-order valence-electron chi connectivity index (χ4n) is 4.19. The molecule has 0 spiro atoms. The quantitative estimate of drug-likeness (QED) is 0.810. The van der Waals surface area contributed by atoms with Crippen LogP contribution in [0.25, 0.3) is 11.1 Å². The molecule has 1 aliphatic carbocycles. The molecule has 2 aromatic carbocycles. The number of hydrogen-bond acceptors (Lipinski definition) is 4. The Hall–Kier alpha value is -1.69. The summed E-state index contributed by atoms with van der Waals surface area (Å²) in [5.74, 6) is 0.134. The van der Waals surface area contributed by atoms with Crippen LogP contribution in [-0.4, -0.2) is 51.4 Å². The predicted molar refractivity (Wildman–Crippen MR) is 108 cm³/mol. The van der Waals surface area contributed by atoms with Gasteiger partial charge in [0.2, 0.25) is 0 Å². The smallest absolute Gasteiger partial charge is 0.178 e. The lowest BCUT2D eigenvalue weighted by molar-refractivity contribution is 0.0137. The van der Waals surface area contributed by atoms with Gasteiger partial charge in [0.25, 0.3) is 0 Å². The van der Waals surface area contributed by atoms with Crippen LogP contribution in [0.2, 0.25) is 0 Å². The summed E-state index contributed by atoms with van der Waals surface area (Å²) in [6.45, 7) is 5.48. The standard InChI is InChI=1S/C22H27NO3S/c1-2-27(24,25)22-9-6-17(7-10-22)18-3-4-20-16-21(8-5-19(20)15-18)23-11-13-26-14-12-23/h3-4,6-7,9-10,15,21H,2,5,8,11-14,16H2,1H3. The molecule has 2 aliphatic rings. The van der Waals surface area contributed by atoms with Crippen molar-refractivity contribution in [3.63, 3.8) is 0 Å². The summed E-state index contributed by atoms with van der Waals surface area (Å²) in [4.78, 5) is 2.98. The summed E-state index contributed by atoms with van der Waals surface area (Å²) >= 11 is 0. The number of ether oxygens (including phenoxy) is 1. The van der Waals surface area contributed by atoms with Crippen molar-refractivity contribution in [3.05, 3.63) is 53.6 Å². The van der Waals surface area contributed by atoms with Gasteiger partial charge >= 0.3 is 0 Å². The van der Waals surface area contributed by atoms with E-state index in [1.165, 1.54) is 23.1 Å². The van der Waals surface area contributed by atoms with E-state index < -0.39 is 9.84 Å². The van der Waals surface area contributed by atoms with E-state index in [4.69, 9.17) is 4.74 Å². The summed E-state index contributed by atoms with van der Waals surface area (Å²) in [5, 5.41) is 0. The van der Waals surface area contributed by atoms with E-state index in [-0.39, 0.29) is 5.75 Å². The number of sulfone groups is 1. The van der Waals surface area contributed by atoms with Crippen LogP contribution in [-0.2, 0) is 27.4 Å². The zero-order valence-corrected chi connectivity index (χ0v) is 16.7. The van der Waals surface area contributed by atoms with Crippen molar-refractivity contribution in [2.75, 3.05) is 32.1 Å². The van der Waals surface area contributed by atoms with Crippen LogP contribution in [0.15, 0.2) is 47.4 Å². The van der Waals surface area contributed by atoms with Crippen molar-refractivity contribution in [3.8, 4) is 11.1 Å². The summed E-state index contributed by atoms with van der Waals surface area (Å²) in [5.41, 5.74) is 5.12. The topological polar surface area (TPSA) is 46.6 Å². The van der Waals surface area contributed by atoms with Crippen molar-refractivity contribution in [2.24, 2.45) is 0 Å². The normalized spacial score (nSPS) is 21.0. The van der Waals surface area contributed by atoms with Gasteiger partial charge < -0.3 is 4.74 Å². The molecule has 0 saturated carbocycles. The van der Waals surface area contributed by atoms with Crippen LogP contribution in [0, 0.1) is 0 Å². The average molecular weight is 386 g/mol. The molecule has 1 atom stereocenters. The van der Waals surface area contributed by atoms with Crippen LogP contribution in [0.4, 0.5) is 0 Å². The number of fused-ring (bicyclic) bond motifs is 1. The summed E-state index contributed by atoms with van der Waals surface area (Å²) in [7, 11) is -3.14. The molecule has 0 amide bonds. The van der Waals surface area contributed by atoms with E-state index in [2.05, 4.69) is 23.1 Å². The first kappa shape index (κ1) is 18.7. The summed E-state index contributed by atoms with van der Waals surface area (Å²) in [6, 6.07) is 14.6. The third kappa shape index (κ3) is 3.96. The van der Waals surface area contributed by atoms with Gasteiger partial charge in [0.05, 0.1) is 23.9 Å². The molecule has 1 unspecified atom stereocenters. The molecule has 2 aromatic rings. The molecule has 0 bridgehead atoms. The summed E-state index contributed by atoms with van der Waals surface area (Å²) in [6.07, 6.45) is 3.42. The minimum Gasteiger partial charge on any atom is -0.379 e. The van der Waals surface area contributed by atoms with Crippen molar-refractivity contribution < 1.29 is 13.2 Å². The third-order valence-corrected chi connectivity index (χ3v) is 7.65. The molecule has 1 heterocycles. The Morgan fingerprint density at radius 3 is 2.41 bits per heavy atom. The molecule has 1 aliphatic heterocycles. The minimum absolute atomic E-state index is 0.134. The van der Waals surface area contributed by atoms with Crippen molar-refractivity contribution in [2.45, 2.75) is 37.1 Å². The van der Waals surface area contributed by atoms with Crippen molar-refractivity contribution >= 4 is 9.84 Å². The maximum atomic E-state index is 12.0. The number of nitrogens with zero attached hydrogens (tertiary/aromatic N) is 1. The molecule has 5 heteroatoms. The number of hydrogen-bond donors (Lipinski definition) is 0. The fraction of sp³-hybridized carbons (Fsp3) is 0.455. The highest BCUT2D eigenvalue weighted by Crippen LogP contribution is 2.30. The third-order valence-electron chi connectivity index (χ3n) is 5.90. The molecule has 27 heavy (non-hydrogen) atoms. The van der Waals surface area contributed by atoms with Gasteiger partial charge in [-0.15, -0.1) is 0 Å².